The van der Waals surface area contributed by atoms with Crippen molar-refractivity contribution in [2.75, 3.05) is 11.9 Å². The minimum Gasteiger partial charge on any atom is -0.320 e. The van der Waals surface area contributed by atoms with Gasteiger partial charge in [-0.1, -0.05) is 6.07 Å². The number of thiazole rings is 1. The Kier molecular flexibility index (Phi) is 4.75. The second-order valence-electron chi connectivity index (χ2n) is 4.12. The summed E-state index contributed by atoms with van der Waals surface area (Å²) in [5.74, 6) is -2.12. The molecule has 1 amide bonds. The maximum absolute atomic E-state index is 13.3. The Balaban J connectivity index is 1.90. The molecule has 1 heterocycles. The average molecular weight is 297 g/mol. The quantitative estimate of drug-likeness (QED) is 0.892. The van der Waals surface area contributed by atoms with E-state index in [1.54, 1.807) is 6.20 Å². The Morgan fingerprint density at radius 3 is 2.70 bits per heavy atom. The molecule has 106 valence electrons. The summed E-state index contributed by atoms with van der Waals surface area (Å²) in [5.41, 5.74) is -0.429. The van der Waals surface area contributed by atoms with Gasteiger partial charge in [-0.15, -0.1) is 11.3 Å². The van der Waals surface area contributed by atoms with Gasteiger partial charge in [0.15, 0.2) is 0 Å². The van der Waals surface area contributed by atoms with Crippen LogP contribution >= 0.6 is 11.3 Å². The molecule has 4 nitrogen and oxygen atoms in total. The summed E-state index contributed by atoms with van der Waals surface area (Å²) in [4.78, 5) is 15.8. The number of benzene rings is 1. The van der Waals surface area contributed by atoms with Crippen LogP contribution in [0.3, 0.4) is 0 Å². The molecule has 0 radical (unpaired) electrons. The number of carbonyl (C=O) groups excluding carboxylic acids is 1. The van der Waals surface area contributed by atoms with Crippen molar-refractivity contribution in [3.63, 3.8) is 0 Å². The van der Waals surface area contributed by atoms with Crippen LogP contribution in [-0.2, 0) is 4.79 Å². The fourth-order valence-corrected chi connectivity index (χ4v) is 2.25. The van der Waals surface area contributed by atoms with Gasteiger partial charge in [-0.3, -0.25) is 10.1 Å². The van der Waals surface area contributed by atoms with Gasteiger partial charge in [0, 0.05) is 11.6 Å². The maximum atomic E-state index is 13.3. The first-order valence-electron chi connectivity index (χ1n) is 5.94. The summed E-state index contributed by atoms with van der Waals surface area (Å²) in [6.07, 6.45) is 1.67. The van der Waals surface area contributed by atoms with E-state index in [0.29, 0.717) is 0 Å². The summed E-state index contributed by atoms with van der Waals surface area (Å²) >= 11 is 1.47. The van der Waals surface area contributed by atoms with Gasteiger partial charge in [-0.2, -0.15) is 0 Å². The fourth-order valence-electron chi connectivity index (χ4n) is 1.58. The standard InChI is InChI=1S/C13H13F2N3OS/c1-8(13-16-5-6-20-13)17-7-11(19)18-12-9(14)3-2-4-10(12)15/h2-6,8,17H,7H2,1H3,(H,18,19). The van der Waals surface area contributed by atoms with E-state index in [1.807, 2.05) is 12.3 Å². The van der Waals surface area contributed by atoms with Crippen molar-refractivity contribution in [1.29, 1.82) is 0 Å². The minimum atomic E-state index is -0.800. The first-order valence-corrected chi connectivity index (χ1v) is 6.82. The summed E-state index contributed by atoms with van der Waals surface area (Å²) in [6.45, 7) is 1.80. The van der Waals surface area contributed by atoms with Gasteiger partial charge in [-0.05, 0) is 19.1 Å². The molecule has 0 aliphatic carbocycles. The predicted octanol–water partition coefficient (Wildman–Crippen LogP) is 2.71. The highest BCUT2D eigenvalue weighted by molar-refractivity contribution is 7.09. The monoisotopic (exact) mass is 297 g/mol. The van der Waals surface area contributed by atoms with Crippen LogP contribution in [0.1, 0.15) is 18.0 Å². The second kappa shape index (κ2) is 6.53. The van der Waals surface area contributed by atoms with Crippen molar-refractivity contribution in [3.05, 3.63) is 46.4 Å². The van der Waals surface area contributed by atoms with E-state index in [4.69, 9.17) is 0 Å². The first kappa shape index (κ1) is 14.5. The lowest BCUT2D eigenvalue weighted by Crippen LogP contribution is -2.30. The Labute approximate surface area is 118 Å². The summed E-state index contributed by atoms with van der Waals surface area (Å²) in [5, 5.41) is 7.82. The number of aromatic nitrogens is 1. The summed E-state index contributed by atoms with van der Waals surface area (Å²) in [6, 6.07) is 3.31. The van der Waals surface area contributed by atoms with Crippen LogP contribution in [0.5, 0.6) is 0 Å². The number of anilines is 1. The zero-order valence-corrected chi connectivity index (χ0v) is 11.5. The third-order valence-corrected chi connectivity index (χ3v) is 3.58. The van der Waals surface area contributed by atoms with E-state index >= 15 is 0 Å². The number of nitrogens with one attached hydrogen (secondary N) is 2. The number of hydrogen-bond donors (Lipinski definition) is 2. The van der Waals surface area contributed by atoms with E-state index in [2.05, 4.69) is 15.6 Å². The van der Waals surface area contributed by atoms with Gasteiger partial charge < -0.3 is 5.32 Å². The van der Waals surface area contributed by atoms with Gasteiger partial charge >= 0.3 is 0 Å². The van der Waals surface area contributed by atoms with Gasteiger partial charge in [0.05, 0.1) is 12.6 Å². The van der Waals surface area contributed by atoms with E-state index in [-0.39, 0.29) is 12.6 Å². The number of carbonyl (C=O) groups is 1. The molecular formula is C13H13F2N3OS. The highest BCUT2D eigenvalue weighted by atomic mass is 32.1. The van der Waals surface area contributed by atoms with Crippen LogP contribution in [0, 0.1) is 11.6 Å². The molecule has 2 rings (SSSR count). The number of halogens is 2. The van der Waals surface area contributed by atoms with Crippen LogP contribution in [0.2, 0.25) is 0 Å². The van der Waals surface area contributed by atoms with E-state index in [9.17, 15) is 13.6 Å². The van der Waals surface area contributed by atoms with Gasteiger partial charge in [0.1, 0.15) is 22.3 Å². The molecule has 1 aromatic carbocycles. The molecule has 0 bridgehead atoms. The van der Waals surface area contributed by atoms with Gasteiger partial charge in [0.2, 0.25) is 5.91 Å². The molecule has 2 aromatic rings. The molecule has 0 aliphatic rings. The molecular weight excluding hydrogens is 284 g/mol. The Morgan fingerprint density at radius 2 is 2.10 bits per heavy atom. The Hall–Kier alpha value is -1.86. The summed E-state index contributed by atoms with van der Waals surface area (Å²) in [7, 11) is 0. The third kappa shape index (κ3) is 3.58. The molecule has 7 heteroatoms. The molecule has 1 unspecified atom stereocenters. The number of para-hydroxylation sites is 1. The van der Waals surface area contributed by atoms with Crippen molar-refractivity contribution in [2.45, 2.75) is 13.0 Å². The zero-order chi connectivity index (χ0) is 14.5. The summed E-state index contributed by atoms with van der Waals surface area (Å²) < 4.78 is 26.7. The Bertz CT molecular complexity index is 569. The largest absolute Gasteiger partial charge is 0.320 e. The van der Waals surface area contributed by atoms with E-state index < -0.39 is 23.2 Å². The van der Waals surface area contributed by atoms with Crippen molar-refractivity contribution in [3.8, 4) is 0 Å². The van der Waals surface area contributed by atoms with Crippen molar-refractivity contribution in [1.82, 2.24) is 10.3 Å². The molecule has 1 atom stereocenters. The van der Waals surface area contributed by atoms with Crippen molar-refractivity contribution in [2.24, 2.45) is 0 Å². The normalized spacial score (nSPS) is 12.2. The molecule has 2 N–H and O–H groups in total. The van der Waals surface area contributed by atoms with Crippen molar-refractivity contribution < 1.29 is 13.6 Å². The topological polar surface area (TPSA) is 54.0 Å². The molecule has 0 spiro atoms. The highest BCUT2D eigenvalue weighted by Crippen LogP contribution is 2.18. The molecule has 0 saturated carbocycles. The Morgan fingerprint density at radius 1 is 1.40 bits per heavy atom. The molecule has 0 saturated heterocycles. The van der Waals surface area contributed by atoms with Crippen LogP contribution in [0.25, 0.3) is 0 Å². The molecule has 1 aromatic heterocycles. The SMILES string of the molecule is CC(NCC(=O)Nc1c(F)cccc1F)c1nccs1. The van der Waals surface area contributed by atoms with Gasteiger partial charge in [-0.25, -0.2) is 13.8 Å². The number of hydrogen-bond acceptors (Lipinski definition) is 4. The first-order chi connectivity index (χ1) is 9.58. The number of rotatable bonds is 5. The van der Waals surface area contributed by atoms with E-state index in [0.717, 1.165) is 17.1 Å². The maximum Gasteiger partial charge on any atom is 0.238 e. The van der Waals surface area contributed by atoms with Crippen LogP contribution in [0.15, 0.2) is 29.8 Å². The van der Waals surface area contributed by atoms with Crippen LogP contribution in [-0.4, -0.2) is 17.4 Å². The average Bonchev–Trinajstić information content (AvgIpc) is 2.94. The minimum absolute atomic E-state index is 0.0610. The van der Waals surface area contributed by atoms with Gasteiger partial charge in [0.25, 0.3) is 0 Å². The molecule has 20 heavy (non-hydrogen) atoms. The molecule has 0 aliphatic heterocycles. The zero-order valence-electron chi connectivity index (χ0n) is 10.7. The lowest BCUT2D eigenvalue weighted by atomic mass is 10.3. The number of amides is 1. The smallest absolute Gasteiger partial charge is 0.238 e. The molecule has 0 fully saturated rings. The lowest BCUT2D eigenvalue weighted by molar-refractivity contribution is -0.115. The lowest BCUT2D eigenvalue weighted by Gasteiger charge is -2.12. The van der Waals surface area contributed by atoms with Crippen LogP contribution < -0.4 is 10.6 Å². The third-order valence-electron chi connectivity index (χ3n) is 2.62. The predicted molar refractivity (Wildman–Crippen MR) is 73.5 cm³/mol. The van der Waals surface area contributed by atoms with E-state index in [1.165, 1.54) is 17.4 Å². The number of nitrogens with zero attached hydrogens (tertiary/aromatic N) is 1. The highest BCUT2D eigenvalue weighted by Gasteiger charge is 2.13. The van der Waals surface area contributed by atoms with Crippen molar-refractivity contribution >= 4 is 22.9 Å². The van der Waals surface area contributed by atoms with Crippen LogP contribution in [0.4, 0.5) is 14.5 Å². The second-order valence-corrected chi connectivity index (χ2v) is 5.04. The fraction of sp³-hybridized carbons (Fsp3) is 0.231.